The van der Waals surface area contributed by atoms with Crippen molar-refractivity contribution in [2.45, 2.75) is 76.4 Å². The topological polar surface area (TPSA) is 110 Å². The highest BCUT2D eigenvalue weighted by Crippen LogP contribution is 2.35. The summed E-state index contributed by atoms with van der Waals surface area (Å²) in [6.07, 6.45) is 7.22. The van der Waals surface area contributed by atoms with Crippen LogP contribution in [-0.4, -0.2) is 106 Å². The van der Waals surface area contributed by atoms with E-state index in [1.54, 1.807) is 25.2 Å². The van der Waals surface area contributed by atoms with Crippen LogP contribution in [-0.2, 0) is 0 Å². The van der Waals surface area contributed by atoms with Crippen LogP contribution in [0.1, 0.15) is 78.9 Å². The van der Waals surface area contributed by atoms with E-state index in [2.05, 4.69) is 56.2 Å². The fraction of sp³-hybridized carbons (Fsp3) is 0.600. The Morgan fingerprint density at radius 2 is 1.76 bits per heavy atom. The molecule has 0 spiro atoms. The molecule has 3 unspecified atom stereocenters. The third-order valence-corrected chi connectivity index (χ3v) is 8.90. The van der Waals surface area contributed by atoms with Crippen LogP contribution in [0.4, 0.5) is 11.6 Å². The van der Waals surface area contributed by atoms with E-state index in [1.165, 1.54) is 0 Å². The van der Waals surface area contributed by atoms with Crippen molar-refractivity contribution in [1.29, 1.82) is 0 Å². The van der Waals surface area contributed by atoms with Gasteiger partial charge in [-0.25, -0.2) is 9.98 Å². The Morgan fingerprint density at radius 1 is 1.05 bits per heavy atom. The second-order valence-corrected chi connectivity index (χ2v) is 13.0. The van der Waals surface area contributed by atoms with Crippen molar-refractivity contribution >= 4 is 29.7 Å². The smallest absolute Gasteiger partial charge is 0.270 e. The zero-order valence-electron chi connectivity index (χ0n) is 24.9. The molecule has 3 fully saturated rings. The highest BCUT2D eigenvalue weighted by Gasteiger charge is 2.35. The first-order valence-corrected chi connectivity index (χ1v) is 14.9. The number of amides is 2. The summed E-state index contributed by atoms with van der Waals surface area (Å²) in [6.45, 7) is 10.2. The number of hydrogen-bond donors (Lipinski definition) is 3. The molecular weight excluding hydrogens is 518 g/mol. The molecule has 0 aliphatic carbocycles. The second-order valence-electron chi connectivity index (χ2n) is 13.0. The first kappa shape index (κ1) is 27.7. The molecule has 41 heavy (non-hydrogen) atoms. The largest absolute Gasteiger partial charge is 0.343 e. The van der Waals surface area contributed by atoms with Crippen molar-refractivity contribution in [1.82, 2.24) is 29.6 Å². The normalized spacial score (nSPS) is 24.6. The standard InChI is InChI=1S/C30H43N9O2/c1-30(2,3)38-12-10-23(11-13-38)39-24(28(41)36(4)5)14-20-16-32-29(35-26(20)39)34-25-9-6-19(15-31-25)27(40)37-17-21-7-8-22(18-37)33-21/h6,9,14-16,21-23,29,33,35H,7-8,10-13,17-18H2,1-5H3,(H,31,34). The number of aliphatic imine (C=N–C) groups is 1. The van der Waals surface area contributed by atoms with Crippen LogP contribution < -0.4 is 16.0 Å². The van der Waals surface area contributed by atoms with Crippen LogP contribution in [0.25, 0.3) is 0 Å². The third kappa shape index (κ3) is 5.57. The lowest BCUT2D eigenvalue weighted by Gasteiger charge is -2.42. The maximum absolute atomic E-state index is 13.2. The minimum absolute atomic E-state index is 0.0169. The fourth-order valence-electron chi connectivity index (χ4n) is 6.65. The van der Waals surface area contributed by atoms with E-state index >= 15 is 0 Å². The molecule has 0 aromatic carbocycles. The molecule has 11 heteroatoms. The predicted octanol–water partition coefficient (Wildman–Crippen LogP) is 2.84. The van der Waals surface area contributed by atoms with Gasteiger partial charge in [0.25, 0.3) is 11.8 Å². The molecule has 3 atom stereocenters. The molecule has 0 radical (unpaired) electrons. The summed E-state index contributed by atoms with van der Waals surface area (Å²) in [4.78, 5) is 41.6. The van der Waals surface area contributed by atoms with Gasteiger partial charge < -0.3 is 30.3 Å². The van der Waals surface area contributed by atoms with Gasteiger partial charge in [-0.1, -0.05) is 0 Å². The van der Waals surface area contributed by atoms with Crippen LogP contribution in [0.5, 0.6) is 0 Å². The molecule has 6 heterocycles. The number of likely N-dealkylation sites (tertiary alicyclic amines) is 2. The maximum atomic E-state index is 13.2. The van der Waals surface area contributed by atoms with Gasteiger partial charge in [0.15, 0.2) is 6.29 Å². The predicted molar refractivity (Wildman–Crippen MR) is 161 cm³/mol. The number of hydrogen-bond acceptors (Lipinski definition) is 8. The number of fused-ring (bicyclic) bond motifs is 3. The van der Waals surface area contributed by atoms with Crippen molar-refractivity contribution in [3.8, 4) is 0 Å². The summed E-state index contributed by atoms with van der Waals surface area (Å²) in [5.41, 5.74) is 2.31. The number of rotatable bonds is 5. The number of carbonyl (C=O) groups excluding carboxylic acids is 2. The molecule has 4 aliphatic heterocycles. The molecule has 3 saturated heterocycles. The summed E-state index contributed by atoms with van der Waals surface area (Å²) in [7, 11) is 3.58. The van der Waals surface area contributed by atoms with Crippen molar-refractivity contribution in [2.75, 3.05) is 50.9 Å². The minimum Gasteiger partial charge on any atom is -0.343 e. The minimum atomic E-state index is -0.453. The fourth-order valence-corrected chi connectivity index (χ4v) is 6.65. The first-order valence-electron chi connectivity index (χ1n) is 14.9. The molecule has 2 aromatic heterocycles. The van der Waals surface area contributed by atoms with E-state index < -0.39 is 6.29 Å². The SMILES string of the molecule is CN(C)C(=O)c1cc2c(n1C1CCN(C(C)(C)C)CC1)NC(Nc1ccc(C(=O)N3CC4CCC(C3)N4)cn1)N=C2. The lowest BCUT2D eigenvalue weighted by atomic mass is 9.97. The molecule has 6 rings (SSSR count). The number of carbonyl (C=O) groups is 2. The Bertz CT molecular complexity index is 1310. The zero-order valence-corrected chi connectivity index (χ0v) is 24.9. The Kier molecular flexibility index (Phi) is 7.27. The van der Waals surface area contributed by atoms with E-state index in [0.717, 1.165) is 63.2 Å². The summed E-state index contributed by atoms with van der Waals surface area (Å²) in [5, 5.41) is 10.4. The lowest BCUT2D eigenvalue weighted by Crippen LogP contribution is -2.53. The quantitative estimate of drug-likeness (QED) is 0.515. The summed E-state index contributed by atoms with van der Waals surface area (Å²) < 4.78 is 2.19. The molecule has 2 bridgehead atoms. The van der Waals surface area contributed by atoms with Crippen molar-refractivity contribution in [2.24, 2.45) is 4.99 Å². The number of piperazine rings is 1. The number of nitrogens with zero attached hydrogens (tertiary/aromatic N) is 6. The summed E-state index contributed by atoms with van der Waals surface area (Å²) in [5.74, 6) is 1.55. The van der Waals surface area contributed by atoms with E-state index in [9.17, 15) is 9.59 Å². The van der Waals surface area contributed by atoms with Gasteiger partial charge in [0.05, 0.1) is 5.56 Å². The molecule has 2 amide bonds. The Labute approximate surface area is 242 Å². The highest BCUT2D eigenvalue weighted by atomic mass is 16.2. The second kappa shape index (κ2) is 10.8. The lowest BCUT2D eigenvalue weighted by molar-refractivity contribution is 0.0697. The van der Waals surface area contributed by atoms with Gasteiger partial charge in [-0.15, -0.1) is 0 Å². The van der Waals surface area contributed by atoms with Crippen molar-refractivity contribution in [3.63, 3.8) is 0 Å². The molecule has 2 aromatic rings. The average molecular weight is 562 g/mol. The molecule has 220 valence electrons. The van der Waals surface area contributed by atoms with Crippen LogP contribution in [0.15, 0.2) is 29.4 Å². The zero-order chi connectivity index (χ0) is 28.9. The number of nitrogens with one attached hydrogen (secondary N) is 3. The van der Waals surface area contributed by atoms with Crippen LogP contribution in [0, 0.1) is 0 Å². The number of anilines is 2. The van der Waals surface area contributed by atoms with Crippen LogP contribution >= 0.6 is 0 Å². The maximum Gasteiger partial charge on any atom is 0.270 e. The van der Waals surface area contributed by atoms with Gasteiger partial charge in [-0.3, -0.25) is 14.5 Å². The number of pyridine rings is 1. The Balaban J connectivity index is 1.16. The number of piperidine rings is 1. The molecule has 3 N–H and O–H groups in total. The molecule has 4 aliphatic rings. The van der Waals surface area contributed by atoms with Gasteiger partial charge in [0.1, 0.15) is 17.3 Å². The van der Waals surface area contributed by atoms with Crippen molar-refractivity contribution < 1.29 is 9.59 Å². The first-order chi connectivity index (χ1) is 19.6. The van der Waals surface area contributed by atoms with Crippen LogP contribution in [0.2, 0.25) is 0 Å². The molecular formula is C30H43N9O2. The van der Waals surface area contributed by atoms with Gasteiger partial charge >= 0.3 is 0 Å². The van der Waals surface area contributed by atoms with Crippen LogP contribution in [0.3, 0.4) is 0 Å². The average Bonchev–Trinajstić information content (AvgIpc) is 3.50. The molecule has 0 saturated carbocycles. The van der Waals surface area contributed by atoms with E-state index in [0.29, 0.717) is 29.2 Å². The van der Waals surface area contributed by atoms with Gasteiger partial charge in [-0.05, 0) is 64.7 Å². The Morgan fingerprint density at radius 3 is 2.37 bits per heavy atom. The van der Waals surface area contributed by atoms with Gasteiger partial charge in [0, 0.05) is 81.9 Å². The van der Waals surface area contributed by atoms with Gasteiger partial charge in [0.2, 0.25) is 0 Å². The summed E-state index contributed by atoms with van der Waals surface area (Å²) in [6, 6.07) is 6.63. The molecule has 11 nitrogen and oxygen atoms in total. The Hall–Kier alpha value is -3.44. The van der Waals surface area contributed by atoms with Gasteiger partial charge in [-0.2, -0.15) is 0 Å². The third-order valence-electron chi connectivity index (χ3n) is 8.90. The monoisotopic (exact) mass is 561 g/mol. The van der Waals surface area contributed by atoms with Crippen molar-refractivity contribution in [3.05, 3.63) is 41.2 Å². The van der Waals surface area contributed by atoms with E-state index in [4.69, 9.17) is 0 Å². The van der Waals surface area contributed by atoms with E-state index in [1.807, 2.05) is 29.3 Å². The van der Waals surface area contributed by atoms with E-state index in [-0.39, 0.29) is 23.4 Å². The number of aromatic nitrogens is 2. The highest BCUT2D eigenvalue weighted by molar-refractivity contribution is 5.99. The summed E-state index contributed by atoms with van der Waals surface area (Å²) >= 11 is 0.